The van der Waals surface area contributed by atoms with Crippen LogP contribution in [0, 0.1) is 0 Å². The molecule has 0 bridgehead atoms. The summed E-state index contributed by atoms with van der Waals surface area (Å²) in [6.45, 7) is 9.48. The molecule has 6 nitrogen and oxygen atoms in total. The van der Waals surface area contributed by atoms with Gasteiger partial charge in [-0.05, 0) is 80.4 Å². The first-order valence-electron chi connectivity index (χ1n) is 12.9. The molecule has 3 aromatic carbocycles. The minimum atomic E-state index is -0.351. The summed E-state index contributed by atoms with van der Waals surface area (Å²) in [5.41, 5.74) is 2.79. The van der Waals surface area contributed by atoms with Gasteiger partial charge in [0.2, 0.25) is 0 Å². The Morgan fingerprint density at radius 2 is 1.33 bits per heavy atom. The van der Waals surface area contributed by atoms with Crippen LogP contribution in [-0.4, -0.2) is 24.7 Å². The average Bonchev–Trinajstić information content (AvgIpc) is 2.90. The van der Waals surface area contributed by atoms with Crippen LogP contribution in [0.3, 0.4) is 0 Å². The van der Waals surface area contributed by atoms with Crippen molar-refractivity contribution in [2.24, 2.45) is 0 Å². The second kappa shape index (κ2) is 18.2. The lowest BCUT2D eigenvalue weighted by Gasteiger charge is -2.13. The molecule has 3 aromatic rings. The van der Waals surface area contributed by atoms with E-state index in [0.717, 1.165) is 16.5 Å². The molecule has 0 spiro atoms. The second-order valence-electron chi connectivity index (χ2n) is 8.76. The van der Waals surface area contributed by atoms with Crippen LogP contribution in [0.4, 0.5) is 11.4 Å². The number of ketones is 1. The van der Waals surface area contributed by atoms with Crippen LogP contribution < -0.4 is 15.4 Å². The van der Waals surface area contributed by atoms with E-state index in [4.69, 9.17) is 16.3 Å². The van der Waals surface area contributed by atoms with E-state index in [1.807, 2.05) is 25.1 Å². The smallest absolute Gasteiger partial charge is 0.259 e. The molecule has 2 amide bonds. The standard InChI is InChI=1S/C23H20BrClN2O3.C5H12.C3H6O/c1-3-14-4-10-20(25)18(12-14)22(28)27-17-9-11-21(30-2)19(13-17)23(29)26-16-7-5-15(24)6-8-16;1-3-5-4-2;1-3(2)4/h4-13H,3H2,1-2H3,(H,26,29)(H,27,28);3-5H2,1-2H3;1-2H3. The molecule has 0 heterocycles. The van der Waals surface area contributed by atoms with Crippen molar-refractivity contribution in [2.75, 3.05) is 17.7 Å². The maximum atomic E-state index is 12.8. The Morgan fingerprint density at radius 1 is 0.795 bits per heavy atom. The largest absolute Gasteiger partial charge is 0.496 e. The van der Waals surface area contributed by atoms with Crippen LogP contribution in [0.2, 0.25) is 5.02 Å². The van der Waals surface area contributed by atoms with Crippen LogP contribution in [-0.2, 0) is 11.2 Å². The van der Waals surface area contributed by atoms with E-state index in [1.54, 1.807) is 42.5 Å². The van der Waals surface area contributed by atoms with Gasteiger partial charge < -0.3 is 20.2 Å². The lowest BCUT2D eigenvalue weighted by molar-refractivity contribution is -0.115. The predicted molar refractivity (Wildman–Crippen MR) is 165 cm³/mol. The number of Topliss-reactive ketones (excluding diaryl/α,β-unsaturated/α-hetero) is 1. The summed E-state index contributed by atoms with van der Waals surface area (Å²) in [5.74, 6) is -0.135. The van der Waals surface area contributed by atoms with Crippen molar-refractivity contribution in [2.45, 2.75) is 60.3 Å². The maximum Gasteiger partial charge on any atom is 0.259 e. The van der Waals surface area contributed by atoms with Crippen LogP contribution in [0.5, 0.6) is 5.75 Å². The molecular weight excluding hydrogens is 580 g/mol. The van der Waals surface area contributed by atoms with Crippen molar-refractivity contribution in [3.8, 4) is 5.75 Å². The maximum absolute atomic E-state index is 12.8. The summed E-state index contributed by atoms with van der Waals surface area (Å²) >= 11 is 9.56. The van der Waals surface area contributed by atoms with E-state index >= 15 is 0 Å². The van der Waals surface area contributed by atoms with Crippen molar-refractivity contribution in [1.29, 1.82) is 0 Å². The van der Waals surface area contributed by atoms with Gasteiger partial charge in [-0.3, -0.25) is 9.59 Å². The van der Waals surface area contributed by atoms with E-state index < -0.39 is 0 Å². The van der Waals surface area contributed by atoms with E-state index in [1.165, 1.54) is 40.2 Å². The van der Waals surface area contributed by atoms with E-state index in [0.29, 0.717) is 33.3 Å². The Labute approximate surface area is 245 Å². The molecule has 0 saturated heterocycles. The number of nitrogens with one attached hydrogen (secondary N) is 2. The Bertz CT molecular complexity index is 1220. The number of amides is 2. The first kappa shape index (κ1) is 33.9. The molecule has 0 unspecified atom stereocenters. The zero-order valence-corrected chi connectivity index (χ0v) is 25.8. The number of benzene rings is 3. The Balaban J connectivity index is 0.000000733. The van der Waals surface area contributed by atoms with Crippen molar-refractivity contribution < 1.29 is 19.1 Å². The fraction of sp³-hybridized carbons (Fsp3) is 0.323. The highest BCUT2D eigenvalue weighted by Gasteiger charge is 2.16. The van der Waals surface area contributed by atoms with Gasteiger partial charge in [0.25, 0.3) is 11.8 Å². The summed E-state index contributed by atoms with van der Waals surface area (Å²) < 4.78 is 6.23. The summed E-state index contributed by atoms with van der Waals surface area (Å²) in [5, 5.41) is 5.99. The lowest BCUT2D eigenvalue weighted by atomic mass is 10.1. The van der Waals surface area contributed by atoms with Crippen LogP contribution in [0.15, 0.2) is 65.1 Å². The number of carbonyl (C=O) groups excluding carboxylic acids is 3. The molecule has 0 atom stereocenters. The minimum absolute atomic E-state index is 0.167. The van der Waals surface area contributed by atoms with Gasteiger partial charge in [0.15, 0.2) is 0 Å². The fourth-order valence-corrected chi connectivity index (χ4v) is 3.68. The van der Waals surface area contributed by atoms with Gasteiger partial charge in [-0.25, -0.2) is 0 Å². The third-order valence-corrected chi connectivity index (χ3v) is 6.05. The van der Waals surface area contributed by atoms with Crippen molar-refractivity contribution in [3.63, 3.8) is 0 Å². The first-order chi connectivity index (χ1) is 18.6. The highest BCUT2D eigenvalue weighted by atomic mass is 79.9. The number of anilines is 2. The summed E-state index contributed by atoms with van der Waals surface area (Å²) in [6, 6.07) is 17.5. The summed E-state index contributed by atoms with van der Waals surface area (Å²) in [4.78, 5) is 35.0. The summed E-state index contributed by atoms with van der Waals surface area (Å²) in [7, 11) is 1.49. The number of carbonyl (C=O) groups is 3. The second-order valence-corrected chi connectivity index (χ2v) is 10.1. The van der Waals surface area contributed by atoms with Gasteiger partial charge >= 0.3 is 0 Å². The van der Waals surface area contributed by atoms with E-state index in [2.05, 4.69) is 40.4 Å². The monoisotopic (exact) mass is 616 g/mol. The predicted octanol–water partition coefficient (Wildman–Crippen LogP) is 8.97. The van der Waals surface area contributed by atoms with E-state index in [9.17, 15) is 14.4 Å². The third-order valence-electron chi connectivity index (χ3n) is 5.19. The number of ether oxygens (including phenoxy) is 1. The first-order valence-corrected chi connectivity index (χ1v) is 14.0. The number of rotatable bonds is 8. The van der Waals surface area contributed by atoms with Gasteiger partial charge in [0.05, 0.1) is 23.3 Å². The number of hydrogen-bond acceptors (Lipinski definition) is 4. The van der Waals surface area contributed by atoms with Gasteiger partial charge in [0.1, 0.15) is 11.5 Å². The van der Waals surface area contributed by atoms with E-state index in [-0.39, 0.29) is 17.6 Å². The van der Waals surface area contributed by atoms with Crippen molar-refractivity contribution in [3.05, 3.63) is 86.8 Å². The Morgan fingerprint density at radius 3 is 1.85 bits per heavy atom. The number of halogens is 2. The molecule has 3 rings (SSSR count). The molecule has 8 heteroatoms. The van der Waals surface area contributed by atoms with Gasteiger partial charge in [0, 0.05) is 15.8 Å². The quantitative estimate of drug-likeness (QED) is 0.264. The SMILES string of the molecule is CC(C)=O.CCCCC.CCc1ccc(Cl)c(C(=O)Nc2ccc(OC)c(C(=O)Nc3ccc(Br)cc3)c2)c1. The molecule has 0 fully saturated rings. The number of hydrogen-bond donors (Lipinski definition) is 2. The van der Waals surface area contributed by atoms with Crippen molar-refractivity contribution >= 4 is 56.5 Å². The average molecular weight is 618 g/mol. The summed E-state index contributed by atoms with van der Waals surface area (Å²) in [6.07, 6.45) is 4.87. The van der Waals surface area contributed by atoms with Crippen LogP contribution >= 0.6 is 27.5 Å². The zero-order chi connectivity index (χ0) is 29.4. The fourth-order valence-electron chi connectivity index (χ4n) is 3.21. The molecule has 0 radical (unpaired) electrons. The number of unbranched alkanes of at least 4 members (excludes halogenated alkanes) is 2. The van der Waals surface area contributed by atoms with Crippen LogP contribution in [0.1, 0.15) is 80.2 Å². The van der Waals surface area contributed by atoms with Gasteiger partial charge in [-0.2, -0.15) is 0 Å². The number of aryl methyl sites for hydroxylation is 1. The molecule has 2 N–H and O–H groups in total. The molecule has 0 aliphatic rings. The highest BCUT2D eigenvalue weighted by molar-refractivity contribution is 9.10. The molecule has 0 aliphatic carbocycles. The van der Waals surface area contributed by atoms with Crippen molar-refractivity contribution in [1.82, 2.24) is 0 Å². The Kier molecular flexibility index (Phi) is 15.8. The molecule has 0 saturated carbocycles. The Hall–Kier alpha value is -3.16. The molecule has 210 valence electrons. The van der Waals surface area contributed by atoms with Gasteiger partial charge in [-0.1, -0.05) is 73.6 Å². The lowest BCUT2D eigenvalue weighted by Crippen LogP contribution is -2.16. The van der Waals surface area contributed by atoms with Gasteiger partial charge in [-0.15, -0.1) is 0 Å². The topological polar surface area (TPSA) is 84.5 Å². The normalized spacial score (nSPS) is 9.74. The number of methoxy groups -OCH3 is 1. The minimum Gasteiger partial charge on any atom is -0.496 e. The molecule has 39 heavy (non-hydrogen) atoms. The highest BCUT2D eigenvalue weighted by Crippen LogP contribution is 2.26. The van der Waals surface area contributed by atoms with Crippen LogP contribution in [0.25, 0.3) is 0 Å². The molecule has 0 aromatic heterocycles. The molecular formula is C31H38BrClN2O4. The third kappa shape index (κ3) is 12.5. The molecule has 0 aliphatic heterocycles. The zero-order valence-electron chi connectivity index (χ0n) is 23.5.